The summed E-state index contributed by atoms with van der Waals surface area (Å²) in [6, 6.07) is -1.89. The molecule has 0 aliphatic heterocycles. The van der Waals surface area contributed by atoms with Crippen LogP contribution in [0, 0.1) is 0 Å². The third kappa shape index (κ3) is 6.64. The van der Waals surface area contributed by atoms with E-state index in [2.05, 4.69) is 5.32 Å². The molecule has 8 heteroatoms. The van der Waals surface area contributed by atoms with E-state index >= 15 is 0 Å². The van der Waals surface area contributed by atoms with Gasteiger partial charge in [-0.15, -0.1) is 0 Å². The maximum absolute atomic E-state index is 11.8. The smallest absolute Gasteiger partial charge is 0.344 e. The largest absolute Gasteiger partial charge is 0.405 e. The number of halogens is 3. The van der Waals surface area contributed by atoms with Crippen LogP contribution in [0.4, 0.5) is 18.0 Å². The molecule has 0 spiro atoms. The maximum atomic E-state index is 11.8. The van der Waals surface area contributed by atoms with Gasteiger partial charge in [-0.1, -0.05) is 0 Å². The molecule has 5 nitrogen and oxygen atoms in total. The van der Waals surface area contributed by atoms with Crippen LogP contribution in [0.2, 0.25) is 0 Å². The minimum atomic E-state index is -4.47. The lowest BCUT2D eigenvalue weighted by Crippen LogP contribution is -2.50. The van der Waals surface area contributed by atoms with E-state index < -0.39 is 24.8 Å². The average molecular weight is 255 g/mol. The lowest BCUT2D eigenvalue weighted by Gasteiger charge is -2.20. The van der Waals surface area contributed by atoms with Crippen LogP contribution in [0.25, 0.3) is 0 Å². The van der Waals surface area contributed by atoms with Crippen molar-refractivity contribution in [3.63, 3.8) is 0 Å². The maximum Gasteiger partial charge on any atom is 0.405 e. The van der Waals surface area contributed by atoms with Crippen LogP contribution in [0.5, 0.6) is 0 Å². The number of carbonyl (C=O) groups excluding carboxylic acids is 2. The van der Waals surface area contributed by atoms with Crippen LogP contribution in [0.1, 0.15) is 13.8 Å². The number of hydrogen-bond donors (Lipinski definition) is 2. The van der Waals surface area contributed by atoms with Crippen LogP contribution in [0.15, 0.2) is 0 Å². The van der Waals surface area contributed by atoms with E-state index in [1.54, 1.807) is 12.2 Å². The first-order chi connectivity index (χ1) is 7.67. The predicted octanol–water partition coefficient (Wildman–Crippen LogP) is 0.715. The SMILES string of the molecule is CCN(C)C(=O)C(C)NC(=O)NCC(F)(F)F. The summed E-state index contributed by atoms with van der Waals surface area (Å²) in [6.07, 6.45) is -4.47. The zero-order valence-electron chi connectivity index (χ0n) is 9.89. The normalized spacial score (nSPS) is 12.8. The number of rotatable bonds is 4. The lowest BCUT2D eigenvalue weighted by molar-refractivity contribution is -0.131. The monoisotopic (exact) mass is 255 g/mol. The van der Waals surface area contributed by atoms with Crippen LogP contribution in [-0.4, -0.2) is 49.2 Å². The molecule has 0 aromatic heterocycles. The minimum absolute atomic E-state index is 0.366. The number of amides is 3. The summed E-state index contributed by atoms with van der Waals surface area (Å²) in [5.41, 5.74) is 0. The molecule has 0 aromatic carbocycles. The van der Waals surface area contributed by atoms with Crippen LogP contribution in [-0.2, 0) is 4.79 Å². The third-order valence-corrected chi connectivity index (χ3v) is 2.02. The molecule has 1 unspecified atom stereocenters. The van der Waals surface area contributed by atoms with Gasteiger partial charge < -0.3 is 15.5 Å². The summed E-state index contributed by atoms with van der Waals surface area (Å²) in [7, 11) is 1.54. The zero-order chi connectivity index (χ0) is 13.6. The molecule has 2 N–H and O–H groups in total. The fourth-order valence-electron chi connectivity index (χ4n) is 0.976. The van der Waals surface area contributed by atoms with Crippen LogP contribution >= 0.6 is 0 Å². The Labute approximate surface area is 97.3 Å². The molecule has 0 aliphatic rings. The topological polar surface area (TPSA) is 61.4 Å². The van der Waals surface area contributed by atoms with Crippen LogP contribution in [0.3, 0.4) is 0 Å². The second-order valence-electron chi connectivity index (χ2n) is 3.52. The first kappa shape index (κ1) is 15.5. The van der Waals surface area contributed by atoms with E-state index in [1.165, 1.54) is 18.9 Å². The van der Waals surface area contributed by atoms with Gasteiger partial charge in [0.2, 0.25) is 5.91 Å². The van der Waals surface area contributed by atoms with Gasteiger partial charge in [0.25, 0.3) is 0 Å². The Bertz CT molecular complexity index is 281. The summed E-state index contributed by atoms with van der Waals surface area (Å²) in [5.74, 6) is -0.366. The van der Waals surface area contributed by atoms with Crippen LogP contribution < -0.4 is 10.6 Å². The van der Waals surface area contributed by atoms with Gasteiger partial charge in [-0.3, -0.25) is 4.79 Å². The summed E-state index contributed by atoms with van der Waals surface area (Å²) in [4.78, 5) is 23.9. The number of alkyl halides is 3. The fraction of sp³-hybridized carbons (Fsp3) is 0.778. The summed E-state index contributed by atoms with van der Waals surface area (Å²) < 4.78 is 35.3. The Balaban J connectivity index is 4.08. The first-order valence-electron chi connectivity index (χ1n) is 5.03. The van der Waals surface area contributed by atoms with Crippen molar-refractivity contribution in [1.29, 1.82) is 0 Å². The Hall–Kier alpha value is -1.47. The summed E-state index contributed by atoms with van der Waals surface area (Å²) in [5, 5.41) is 3.75. The number of urea groups is 1. The van der Waals surface area contributed by atoms with E-state index in [0.29, 0.717) is 6.54 Å². The molecule has 0 rings (SSSR count). The highest BCUT2D eigenvalue weighted by atomic mass is 19.4. The molecule has 0 aliphatic carbocycles. The van der Waals surface area contributed by atoms with E-state index in [1.807, 2.05) is 0 Å². The van der Waals surface area contributed by atoms with Gasteiger partial charge in [-0.2, -0.15) is 13.2 Å². The van der Waals surface area contributed by atoms with Crippen molar-refractivity contribution in [2.24, 2.45) is 0 Å². The van der Waals surface area contributed by atoms with Crippen molar-refractivity contribution in [1.82, 2.24) is 15.5 Å². The Morgan fingerprint density at radius 1 is 1.35 bits per heavy atom. The Kier molecular flexibility index (Phi) is 5.77. The van der Waals surface area contributed by atoms with Gasteiger partial charge in [-0.25, -0.2) is 4.79 Å². The van der Waals surface area contributed by atoms with Gasteiger partial charge in [0, 0.05) is 13.6 Å². The van der Waals surface area contributed by atoms with E-state index in [9.17, 15) is 22.8 Å². The lowest BCUT2D eigenvalue weighted by atomic mass is 10.3. The molecule has 0 aromatic rings. The number of carbonyl (C=O) groups is 2. The molecule has 1 atom stereocenters. The zero-order valence-corrected chi connectivity index (χ0v) is 9.89. The predicted molar refractivity (Wildman–Crippen MR) is 55.4 cm³/mol. The van der Waals surface area contributed by atoms with Crippen molar-refractivity contribution >= 4 is 11.9 Å². The van der Waals surface area contributed by atoms with Crippen molar-refractivity contribution < 1.29 is 22.8 Å². The van der Waals surface area contributed by atoms with Gasteiger partial charge in [-0.05, 0) is 13.8 Å². The molecule has 0 saturated carbocycles. The molecule has 100 valence electrons. The summed E-state index contributed by atoms with van der Waals surface area (Å²) in [6.45, 7) is 2.17. The molecule has 17 heavy (non-hydrogen) atoms. The minimum Gasteiger partial charge on any atom is -0.344 e. The van der Waals surface area contributed by atoms with E-state index in [-0.39, 0.29) is 5.91 Å². The molecule has 0 heterocycles. The van der Waals surface area contributed by atoms with Crippen molar-refractivity contribution in [3.05, 3.63) is 0 Å². The molecule has 0 fully saturated rings. The van der Waals surface area contributed by atoms with E-state index in [0.717, 1.165) is 0 Å². The van der Waals surface area contributed by atoms with Gasteiger partial charge in [0.05, 0.1) is 0 Å². The highest BCUT2D eigenvalue weighted by Crippen LogP contribution is 2.11. The quantitative estimate of drug-likeness (QED) is 0.777. The standard InChI is InChI=1S/C9H16F3N3O2/c1-4-15(3)7(16)6(2)14-8(17)13-5-9(10,11)12/h6H,4-5H2,1-3H3,(H2,13,14,17). The molecular weight excluding hydrogens is 239 g/mol. The Morgan fingerprint density at radius 2 is 1.88 bits per heavy atom. The highest BCUT2D eigenvalue weighted by Gasteiger charge is 2.28. The van der Waals surface area contributed by atoms with Crippen molar-refractivity contribution in [3.8, 4) is 0 Å². The second-order valence-corrected chi connectivity index (χ2v) is 3.52. The van der Waals surface area contributed by atoms with Crippen molar-refractivity contribution in [2.75, 3.05) is 20.1 Å². The first-order valence-corrected chi connectivity index (χ1v) is 5.03. The average Bonchev–Trinajstić information content (AvgIpc) is 2.23. The summed E-state index contributed by atoms with van der Waals surface area (Å²) >= 11 is 0. The Morgan fingerprint density at radius 3 is 2.29 bits per heavy atom. The molecule has 3 amide bonds. The number of hydrogen-bond acceptors (Lipinski definition) is 2. The second kappa shape index (κ2) is 6.31. The molecule has 0 bridgehead atoms. The molecule has 0 saturated heterocycles. The van der Waals surface area contributed by atoms with Gasteiger partial charge >= 0.3 is 12.2 Å². The fourth-order valence-corrected chi connectivity index (χ4v) is 0.976. The number of nitrogens with zero attached hydrogens (tertiary/aromatic N) is 1. The van der Waals surface area contributed by atoms with E-state index in [4.69, 9.17) is 0 Å². The van der Waals surface area contributed by atoms with Gasteiger partial charge in [0.1, 0.15) is 12.6 Å². The molecule has 0 radical (unpaired) electrons. The third-order valence-electron chi connectivity index (χ3n) is 2.02. The highest BCUT2D eigenvalue weighted by molar-refractivity contribution is 5.86. The van der Waals surface area contributed by atoms with Crippen molar-refractivity contribution in [2.45, 2.75) is 26.1 Å². The molecular formula is C9H16F3N3O2. The van der Waals surface area contributed by atoms with Gasteiger partial charge in [0.15, 0.2) is 0 Å². The number of likely N-dealkylation sites (N-methyl/N-ethyl adjacent to an activating group) is 1. The number of nitrogens with one attached hydrogen (secondary N) is 2.